The Morgan fingerprint density at radius 2 is 1.97 bits per heavy atom. The zero-order chi connectivity index (χ0) is 21.5. The summed E-state index contributed by atoms with van der Waals surface area (Å²) in [5.74, 6) is 1.89. The summed E-state index contributed by atoms with van der Waals surface area (Å²) in [5.41, 5.74) is 2.66. The predicted octanol–water partition coefficient (Wildman–Crippen LogP) is 2.79. The molecule has 6 nitrogen and oxygen atoms in total. The molecule has 2 atom stereocenters. The van der Waals surface area contributed by atoms with Gasteiger partial charge in [-0.2, -0.15) is 0 Å². The maximum Gasteiger partial charge on any atom is 0.193 e. The zero-order valence-corrected chi connectivity index (χ0v) is 18.7. The second-order valence-corrected chi connectivity index (χ2v) is 8.27. The quantitative estimate of drug-likeness (QED) is 0.422. The maximum atomic E-state index is 6.12. The van der Waals surface area contributed by atoms with Gasteiger partial charge >= 0.3 is 0 Å². The van der Waals surface area contributed by atoms with E-state index in [0.29, 0.717) is 6.04 Å². The van der Waals surface area contributed by atoms with Gasteiger partial charge in [-0.1, -0.05) is 42.5 Å². The molecule has 0 saturated carbocycles. The average molecular weight is 423 g/mol. The number of hydrogen-bond acceptors (Lipinski definition) is 4. The lowest BCUT2D eigenvalue weighted by molar-refractivity contribution is -0.0502. The number of benzene rings is 2. The number of nitrogens with zero attached hydrogens (tertiary/aromatic N) is 3. The zero-order valence-electron chi connectivity index (χ0n) is 18.7. The first-order valence-electron chi connectivity index (χ1n) is 11.2. The Morgan fingerprint density at radius 1 is 1.13 bits per heavy atom. The molecular weight excluding hydrogens is 388 g/mol. The molecule has 6 heteroatoms. The largest absolute Gasteiger partial charge is 0.497 e. The lowest BCUT2D eigenvalue weighted by Crippen LogP contribution is -2.50. The summed E-state index contributed by atoms with van der Waals surface area (Å²) in [6.07, 6.45) is 2.30. The molecule has 0 aromatic heterocycles. The van der Waals surface area contributed by atoms with Gasteiger partial charge in [-0.15, -0.1) is 0 Å². The molecule has 2 unspecified atom stereocenters. The number of fused-ring (bicyclic) bond motifs is 1. The Bertz CT molecular complexity index is 858. The molecule has 4 rings (SSSR count). The topological polar surface area (TPSA) is 49.3 Å². The van der Waals surface area contributed by atoms with Crippen LogP contribution in [0.3, 0.4) is 0 Å². The summed E-state index contributed by atoms with van der Waals surface area (Å²) in [6.45, 7) is 5.50. The van der Waals surface area contributed by atoms with Crippen molar-refractivity contribution in [2.45, 2.75) is 31.5 Å². The number of rotatable bonds is 7. The molecule has 2 heterocycles. The van der Waals surface area contributed by atoms with Crippen molar-refractivity contribution >= 4 is 5.96 Å². The van der Waals surface area contributed by atoms with Crippen molar-refractivity contribution in [3.8, 4) is 5.75 Å². The summed E-state index contributed by atoms with van der Waals surface area (Å²) < 4.78 is 11.4. The van der Waals surface area contributed by atoms with Crippen LogP contribution in [0.5, 0.6) is 5.75 Å². The van der Waals surface area contributed by atoms with Crippen LogP contribution in [0.4, 0.5) is 0 Å². The normalized spacial score (nSPS) is 21.7. The number of morpholine rings is 1. The van der Waals surface area contributed by atoms with Crippen LogP contribution in [-0.2, 0) is 17.7 Å². The summed E-state index contributed by atoms with van der Waals surface area (Å²) in [6, 6.07) is 19.4. The van der Waals surface area contributed by atoms with E-state index in [-0.39, 0.29) is 6.10 Å². The molecule has 0 radical (unpaired) electrons. The Morgan fingerprint density at radius 3 is 2.77 bits per heavy atom. The van der Waals surface area contributed by atoms with Crippen molar-refractivity contribution in [2.75, 3.05) is 46.9 Å². The van der Waals surface area contributed by atoms with Gasteiger partial charge in [-0.25, -0.2) is 0 Å². The lowest BCUT2D eigenvalue weighted by Gasteiger charge is -2.36. The highest BCUT2D eigenvalue weighted by Crippen LogP contribution is 2.24. The third-order valence-electron chi connectivity index (χ3n) is 6.22. The molecule has 0 aliphatic carbocycles. The third-order valence-corrected chi connectivity index (χ3v) is 6.22. The fourth-order valence-corrected chi connectivity index (χ4v) is 4.60. The van der Waals surface area contributed by atoms with Gasteiger partial charge in [0.25, 0.3) is 0 Å². The minimum absolute atomic E-state index is 0.243. The maximum absolute atomic E-state index is 6.12. The number of aliphatic imine (C=N–C) groups is 1. The monoisotopic (exact) mass is 422 g/mol. The van der Waals surface area contributed by atoms with Gasteiger partial charge in [0.2, 0.25) is 0 Å². The highest BCUT2D eigenvalue weighted by molar-refractivity contribution is 5.80. The molecule has 0 bridgehead atoms. The van der Waals surface area contributed by atoms with Gasteiger partial charge in [0.1, 0.15) is 5.75 Å². The number of guanidine groups is 1. The number of ether oxygens (including phenoxy) is 2. The molecule has 1 N–H and O–H groups in total. The van der Waals surface area contributed by atoms with Crippen molar-refractivity contribution in [2.24, 2.45) is 4.99 Å². The number of hydrogen-bond donors (Lipinski definition) is 1. The van der Waals surface area contributed by atoms with Crippen LogP contribution >= 0.6 is 0 Å². The van der Waals surface area contributed by atoms with E-state index in [0.717, 1.165) is 63.9 Å². The number of methoxy groups -OCH3 is 1. The SMILES string of the molecule is CN=C(NCCCc1cccc(OC)c1)N1CC2OCCN(Cc3ccccc3)C2C1. The van der Waals surface area contributed by atoms with Crippen LogP contribution in [0, 0.1) is 0 Å². The van der Waals surface area contributed by atoms with Crippen LogP contribution < -0.4 is 10.1 Å². The van der Waals surface area contributed by atoms with Gasteiger partial charge < -0.3 is 19.7 Å². The molecule has 31 heavy (non-hydrogen) atoms. The Kier molecular flexibility index (Phi) is 7.43. The first kappa shape index (κ1) is 21.7. The predicted molar refractivity (Wildman–Crippen MR) is 125 cm³/mol. The molecule has 0 amide bonds. The minimum Gasteiger partial charge on any atom is -0.497 e. The highest BCUT2D eigenvalue weighted by atomic mass is 16.5. The van der Waals surface area contributed by atoms with Crippen LogP contribution in [0.1, 0.15) is 17.5 Å². The van der Waals surface area contributed by atoms with Gasteiger partial charge in [-0.3, -0.25) is 9.89 Å². The van der Waals surface area contributed by atoms with Crippen LogP contribution in [0.25, 0.3) is 0 Å². The fraction of sp³-hybridized carbons (Fsp3) is 0.480. The van der Waals surface area contributed by atoms with E-state index in [1.165, 1.54) is 11.1 Å². The summed E-state index contributed by atoms with van der Waals surface area (Å²) in [5, 5.41) is 3.56. The molecule has 2 saturated heterocycles. The van der Waals surface area contributed by atoms with Crippen LogP contribution in [-0.4, -0.2) is 74.8 Å². The van der Waals surface area contributed by atoms with Gasteiger partial charge in [0.05, 0.1) is 25.9 Å². The van der Waals surface area contributed by atoms with Crippen molar-refractivity contribution in [1.82, 2.24) is 15.1 Å². The van der Waals surface area contributed by atoms with Crippen molar-refractivity contribution < 1.29 is 9.47 Å². The first-order chi connectivity index (χ1) is 15.3. The standard InChI is InChI=1S/C25H34N4O2/c1-26-25(27-13-7-11-20-10-6-12-22(16-20)30-2)29-18-23-24(19-29)31-15-14-28(23)17-21-8-4-3-5-9-21/h3-6,8-10,12,16,23-24H,7,11,13-15,17-19H2,1-2H3,(H,26,27). The molecule has 2 fully saturated rings. The molecule has 2 aliphatic rings. The fourth-order valence-electron chi connectivity index (χ4n) is 4.60. The smallest absolute Gasteiger partial charge is 0.193 e. The van der Waals surface area contributed by atoms with Crippen LogP contribution in [0.15, 0.2) is 59.6 Å². The number of nitrogens with one attached hydrogen (secondary N) is 1. The van der Waals surface area contributed by atoms with Crippen molar-refractivity contribution in [3.05, 3.63) is 65.7 Å². The van der Waals surface area contributed by atoms with E-state index in [4.69, 9.17) is 9.47 Å². The molecule has 2 aromatic carbocycles. The van der Waals surface area contributed by atoms with E-state index in [1.54, 1.807) is 7.11 Å². The molecular formula is C25H34N4O2. The van der Waals surface area contributed by atoms with E-state index in [2.05, 4.69) is 62.6 Å². The number of aryl methyl sites for hydroxylation is 1. The van der Waals surface area contributed by atoms with Gasteiger partial charge in [0, 0.05) is 39.8 Å². The lowest BCUT2D eigenvalue weighted by atomic mass is 10.1. The summed E-state index contributed by atoms with van der Waals surface area (Å²) in [7, 11) is 3.58. The van der Waals surface area contributed by atoms with Crippen molar-refractivity contribution in [1.29, 1.82) is 0 Å². The van der Waals surface area contributed by atoms with Crippen molar-refractivity contribution in [3.63, 3.8) is 0 Å². The highest BCUT2D eigenvalue weighted by Gasteiger charge is 2.41. The van der Waals surface area contributed by atoms with E-state index >= 15 is 0 Å². The van der Waals surface area contributed by atoms with Gasteiger partial charge in [-0.05, 0) is 36.1 Å². The molecule has 2 aliphatic heterocycles. The first-order valence-corrected chi connectivity index (χ1v) is 11.2. The molecule has 0 spiro atoms. The second kappa shape index (κ2) is 10.6. The summed E-state index contributed by atoms with van der Waals surface area (Å²) >= 11 is 0. The van der Waals surface area contributed by atoms with Crippen LogP contribution in [0.2, 0.25) is 0 Å². The van der Waals surface area contributed by atoms with E-state index < -0.39 is 0 Å². The van der Waals surface area contributed by atoms with E-state index in [1.807, 2.05) is 19.2 Å². The minimum atomic E-state index is 0.243. The average Bonchev–Trinajstić information content (AvgIpc) is 3.25. The Labute approximate surface area is 185 Å². The Hall–Kier alpha value is -2.57. The molecule has 2 aromatic rings. The summed E-state index contributed by atoms with van der Waals surface area (Å²) in [4.78, 5) is 9.47. The van der Waals surface area contributed by atoms with E-state index in [9.17, 15) is 0 Å². The Balaban J connectivity index is 1.28. The third kappa shape index (κ3) is 5.57. The van der Waals surface area contributed by atoms with Gasteiger partial charge in [0.15, 0.2) is 5.96 Å². The molecule has 166 valence electrons. The number of likely N-dealkylation sites (tertiary alicyclic amines) is 1. The second-order valence-electron chi connectivity index (χ2n) is 8.27.